The third-order valence-corrected chi connectivity index (χ3v) is 3.26. The van der Waals surface area contributed by atoms with Crippen LogP contribution in [-0.2, 0) is 9.47 Å². The van der Waals surface area contributed by atoms with Gasteiger partial charge in [0.05, 0.1) is 19.8 Å². The molecule has 3 rings (SSSR count). The summed E-state index contributed by atoms with van der Waals surface area (Å²) in [7, 11) is 0. The van der Waals surface area contributed by atoms with Gasteiger partial charge in [-0.05, 0) is 17.9 Å². The van der Waals surface area contributed by atoms with Crippen molar-refractivity contribution in [2.45, 2.75) is 19.1 Å². The van der Waals surface area contributed by atoms with Gasteiger partial charge in [0.2, 0.25) is 0 Å². The summed E-state index contributed by atoms with van der Waals surface area (Å²) >= 11 is 0. The minimum atomic E-state index is -0.108. The lowest BCUT2D eigenvalue weighted by Gasteiger charge is -2.23. The van der Waals surface area contributed by atoms with Gasteiger partial charge in [0, 0.05) is 11.8 Å². The highest BCUT2D eigenvalue weighted by molar-refractivity contribution is 5.88. The van der Waals surface area contributed by atoms with Crippen LogP contribution in [0.15, 0.2) is 42.5 Å². The number of fused-ring (bicyclic) bond motifs is 1. The third kappa shape index (κ3) is 3.06. The van der Waals surface area contributed by atoms with E-state index in [-0.39, 0.29) is 6.29 Å². The van der Waals surface area contributed by atoms with Crippen LogP contribution in [-0.4, -0.2) is 26.1 Å². The molecule has 3 nitrogen and oxygen atoms in total. The SMILES string of the molecule is c1ccc2c(OCCC3OCCCO3)cccc2c1. The fourth-order valence-electron chi connectivity index (χ4n) is 2.29. The van der Waals surface area contributed by atoms with Gasteiger partial charge < -0.3 is 14.2 Å². The average Bonchev–Trinajstić information content (AvgIpc) is 2.49. The normalized spacial score (nSPS) is 16.6. The van der Waals surface area contributed by atoms with E-state index in [9.17, 15) is 0 Å². The molecule has 0 bridgehead atoms. The summed E-state index contributed by atoms with van der Waals surface area (Å²) in [6.07, 6.45) is 1.65. The summed E-state index contributed by atoms with van der Waals surface area (Å²) in [5.74, 6) is 0.925. The van der Waals surface area contributed by atoms with Gasteiger partial charge in [0.25, 0.3) is 0 Å². The molecule has 0 aliphatic carbocycles. The Bertz CT molecular complexity index is 527. The van der Waals surface area contributed by atoms with Gasteiger partial charge in [-0.3, -0.25) is 0 Å². The molecule has 1 aliphatic rings. The van der Waals surface area contributed by atoms with Crippen LogP contribution < -0.4 is 4.74 Å². The summed E-state index contributed by atoms with van der Waals surface area (Å²) in [5, 5.41) is 2.35. The van der Waals surface area contributed by atoms with E-state index in [4.69, 9.17) is 14.2 Å². The maximum atomic E-state index is 5.86. The van der Waals surface area contributed by atoms with Crippen molar-refractivity contribution in [1.29, 1.82) is 0 Å². The van der Waals surface area contributed by atoms with Crippen LogP contribution in [0.25, 0.3) is 10.8 Å². The molecule has 1 saturated heterocycles. The zero-order valence-corrected chi connectivity index (χ0v) is 10.9. The minimum Gasteiger partial charge on any atom is -0.493 e. The lowest BCUT2D eigenvalue weighted by atomic mass is 10.1. The largest absolute Gasteiger partial charge is 0.493 e. The molecular weight excluding hydrogens is 240 g/mol. The predicted octanol–water partition coefficient (Wildman–Crippen LogP) is 3.37. The molecule has 0 aromatic heterocycles. The van der Waals surface area contributed by atoms with E-state index in [1.165, 1.54) is 5.39 Å². The number of hydrogen-bond donors (Lipinski definition) is 0. The smallest absolute Gasteiger partial charge is 0.160 e. The second-order valence-corrected chi connectivity index (χ2v) is 4.64. The van der Waals surface area contributed by atoms with Gasteiger partial charge in [0.15, 0.2) is 6.29 Å². The van der Waals surface area contributed by atoms with Crippen LogP contribution in [0.4, 0.5) is 0 Å². The molecular formula is C16H18O3. The maximum Gasteiger partial charge on any atom is 0.160 e. The van der Waals surface area contributed by atoms with E-state index in [0.29, 0.717) is 6.61 Å². The molecule has 1 heterocycles. The Morgan fingerprint density at radius 3 is 2.68 bits per heavy atom. The summed E-state index contributed by atoms with van der Waals surface area (Å²) in [6.45, 7) is 2.19. The van der Waals surface area contributed by atoms with Gasteiger partial charge in [-0.2, -0.15) is 0 Å². The lowest BCUT2D eigenvalue weighted by molar-refractivity contribution is -0.183. The molecule has 0 unspecified atom stereocenters. The van der Waals surface area contributed by atoms with Gasteiger partial charge in [-0.25, -0.2) is 0 Å². The van der Waals surface area contributed by atoms with Crippen molar-refractivity contribution in [1.82, 2.24) is 0 Å². The van der Waals surface area contributed by atoms with Gasteiger partial charge in [-0.15, -0.1) is 0 Å². The van der Waals surface area contributed by atoms with Gasteiger partial charge in [0.1, 0.15) is 5.75 Å². The van der Waals surface area contributed by atoms with Crippen LogP contribution in [0.3, 0.4) is 0 Å². The number of benzene rings is 2. The molecule has 0 radical (unpaired) electrons. The number of rotatable bonds is 4. The van der Waals surface area contributed by atoms with E-state index in [0.717, 1.165) is 37.2 Å². The van der Waals surface area contributed by atoms with Gasteiger partial charge >= 0.3 is 0 Å². The van der Waals surface area contributed by atoms with Crippen LogP contribution in [0.1, 0.15) is 12.8 Å². The molecule has 0 amide bonds. The number of hydrogen-bond acceptors (Lipinski definition) is 3. The molecule has 0 spiro atoms. The van der Waals surface area contributed by atoms with E-state index in [2.05, 4.69) is 18.2 Å². The van der Waals surface area contributed by atoms with Crippen molar-refractivity contribution in [2.75, 3.05) is 19.8 Å². The Hall–Kier alpha value is -1.58. The Morgan fingerprint density at radius 1 is 1.00 bits per heavy atom. The van der Waals surface area contributed by atoms with Gasteiger partial charge in [-0.1, -0.05) is 36.4 Å². The maximum absolute atomic E-state index is 5.86. The molecule has 1 aliphatic heterocycles. The lowest BCUT2D eigenvalue weighted by Crippen LogP contribution is -2.26. The highest BCUT2D eigenvalue weighted by Gasteiger charge is 2.14. The number of ether oxygens (including phenoxy) is 3. The van der Waals surface area contributed by atoms with Crippen LogP contribution in [0.5, 0.6) is 5.75 Å². The van der Waals surface area contributed by atoms with Crippen LogP contribution in [0.2, 0.25) is 0 Å². The van der Waals surface area contributed by atoms with E-state index in [1.54, 1.807) is 0 Å². The summed E-state index contributed by atoms with van der Waals surface area (Å²) in [5.41, 5.74) is 0. The monoisotopic (exact) mass is 258 g/mol. The topological polar surface area (TPSA) is 27.7 Å². The first-order chi connectivity index (χ1) is 9.43. The first-order valence-corrected chi connectivity index (χ1v) is 6.77. The first-order valence-electron chi connectivity index (χ1n) is 6.77. The van der Waals surface area contributed by atoms with Crippen molar-refractivity contribution in [3.05, 3.63) is 42.5 Å². The molecule has 100 valence electrons. The van der Waals surface area contributed by atoms with Crippen LogP contribution in [0, 0.1) is 0 Å². The fraction of sp³-hybridized carbons (Fsp3) is 0.375. The highest BCUT2D eigenvalue weighted by Crippen LogP contribution is 2.25. The standard InChI is InChI=1S/C16H18O3/c1-2-7-14-13(5-1)6-3-8-15(14)17-12-9-16-18-10-4-11-19-16/h1-3,5-8,16H,4,9-12H2. The zero-order chi connectivity index (χ0) is 12.9. The fourth-order valence-corrected chi connectivity index (χ4v) is 2.29. The zero-order valence-electron chi connectivity index (χ0n) is 10.9. The minimum absolute atomic E-state index is 0.108. The molecule has 0 saturated carbocycles. The first kappa shape index (κ1) is 12.5. The molecule has 2 aromatic carbocycles. The third-order valence-electron chi connectivity index (χ3n) is 3.26. The summed E-state index contributed by atoms with van der Waals surface area (Å²) < 4.78 is 16.9. The Labute approximate surface area is 113 Å². The molecule has 0 N–H and O–H groups in total. The van der Waals surface area contributed by atoms with Crippen molar-refractivity contribution < 1.29 is 14.2 Å². The van der Waals surface area contributed by atoms with E-state index >= 15 is 0 Å². The van der Waals surface area contributed by atoms with E-state index < -0.39 is 0 Å². The second kappa shape index (κ2) is 6.04. The molecule has 3 heteroatoms. The molecule has 0 atom stereocenters. The van der Waals surface area contributed by atoms with Crippen molar-refractivity contribution in [3.63, 3.8) is 0 Å². The quantitative estimate of drug-likeness (QED) is 0.841. The van der Waals surface area contributed by atoms with E-state index in [1.807, 2.05) is 24.3 Å². The second-order valence-electron chi connectivity index (χ2n) is 4.64. The Kier molecular flexibility index (Phi) is 3.96. The molecule has 1 fully saturated rings. The highest BCUT2D eigenvalue weighted by atomic mass is 16.7. The average molecular weight is 258 g/mol. The Balaban J connectivity index is 1.62. The van der Waals surface area contributed by atoms with Crippen molar-refractivity contribution >= 4 is 10.8 Å². The summed E-state index contributed by atoms with van der Waals surface area (Å²) in [6, 6.07) is 14.4. The van der Waals surface area contributed by atoms with Crippen LogP contribution >= 0.6 is 0 Å². The van der Waals surface area contributed by atoms with Crippen molar-refractivity contribution in [2.24, 2.45) is 0 Å². The Morgan fingerprint density at radius 2 is 1.79 bits per heavy atom. The molecule has 2 aromatic rings. The predicted molar refractivity (Wildman–Crippen MR) is 74.4 cm³/mol. The summed E-state index contributed by atoms with van der Waals surface area (Å²) in [4.78, 5) is 0. The van der Waals surface area contributed by atoms with Crippen molar-refractivity contribution in [3.8, 4) is 5.75 Å². The molecule has 19 heavy (non-hydrogen) atoms.